The number of nitrogens with zero attached hydrogens (tertiary/aromatic N) is 1. The van der Waals surface area contributed by atoms with Gasteiger partial charge < -0.3 is 14.2 Å². The monoisotopic (exact) mass is 555 g/mol. The number of halogens is 1. The summed E-state index contributed by atoms with van der Waals surface area (Å²) in [6, 6.07) is 17.1. The van der Waals surface area contributed by atoms with E-state index in [0.29, 0.717) is 33.0 Å². The van der Waals surface area contributed by atoms with Crippen LogP contribution in [-0.4, -0.2) is 42.3 Å². The molecule has 1 heterocycles. The van der Waals surface area contributed by atoms with E-state index in [-0.39, 0.29) is 24.3 Å². The van der Waals surface area contributed by atoms with Gasteiger partial charge in [0.2, 0.25) is 0 Å². The van der Waals surface area contributed by atoms with E-state index in [2.05, 4.69) is 20.7 Å². The summed E-state index contributed by atoms with van der Waals surface area (Å²) in [6.07, 6.45) is 1.64. The number of rotatable bonds is 8. The first-order chi connectivity index (χ1) is 16.9. The first-order valence-electron chi connectivity index (χ1n) is 10.8. The number of hydrogen-bond donors (Lipinski definition) is 0. The Morgan fingerprint density at radius 2 is 1.80 bits per heavy atom. The molecule has 1 aliphatic rings. The second-order valence-corrected chi connectivity index (χ2v) is 9.37. The zero-order valence-corrected chi connectivity index (χ0v) is 21.5. The molecule has 0 bridgehead atoms. The minimum atomic E-state index is -0.521. The Morgan fingerprint density at radius 1 is 1.06 bits per heavy atom. The van der Waals surface area contributed by atoms with Crippen LogP contribution in [0.25, 0.3) is 16.8 Å². The van der Waals surface area contributed by atoms with E-state index in [9.17, 15) is 14.4 Å². The third kappa shape index (κ3) is 5.52. The summed E-state index contributed by atoms with van der Waals surface area (Å²) in [7, 11) is 1.28. The van der Waals surface area contributed by atoms with Crippen LogP contribution in [0, 0.1) is 0 Å². The number of esters is 1. The number of methoxy groups -OCH3 is 1. The van der Waals surface area contributed by atoms with Crippen LogP contribution in [0.15, 0.2) is 64.0 Å². The van der Waals surface area contributed by atoms with Crippen LogP contribution in [0.4, 0.5) is 4.79 Å². The zero-order chi connectivity index (χ0) is 24.9. The Balaban J connectivity index is 1.60. The molecule has 1 saturated heterocycles. The number of carbonyl (C=O) groups is 3. The Kier molecular flexibility index (Phi) is 7.77. The van der Waals surface area contributed by atoms with Crippen molar-refractivity contribution in [3.05, 3.63) is 75.1 Å². The van der Waals surface area contributed by atoms with Gasteiger partial charge in [-0.2, -0.15) is 0 Å². The summed E-state index contributed by atoms with van der Waals surface area (Å²) in [5.41, 5.74) is 1.54. The molecule has 2 amide bonds. The normalized spacial score (nSPS) is 14.6. The fraction of sp³-hybridized carbons (Fsp3) is 0.192. The lowest BCUT2D eigenvalue weighted by atomic mass is 10.0. The van der Waals surface area contributed by atoms with E-state index in [0.717, 1.165) is 28.1 Å². The van der Waals surface area contributed by atoms with E-state index < -0.39 is 5.97 Å². The van der Waals surface area contributed by atoms with E-state index in [1.54, 1.807) is 18.2 Å². The van der Waals surface area contributed by atoms with Crippen molar-refractivity contribution in [3.63, 3.8) is 0 Å². The molecule has 180 valence electrons. The van der Waals surface area contributed by atoms with E-state index in [1.165, 1.54) is 12.0 Å². The Hall–Kier alpha value is -3.30. The molecular weight excluding hydrogens is 534 g/mol. The average molecular weight is 556 g/mol. The summed E-state index contributed by atoms with van der Waals surface area (Å²) in [5.74, 6) is -0.123. The molecule has 0 radical (unpaired) electrons. The molecule has 0 aliphatic carbocycles. The van der Waals surface area contributed by atoms with E-state index in [1.807, 2.05) is 49.4 Å². The molecule has 7 nitrogen and oxygen atoms in total. The quantitative estimate of drug-likeness (QED) is 0.257. The summed E-state index contributed by atoms with van der Waals surface area (Å²) < 4.78 is 16.4. The van der Waals surface area contributed by atoms with Gasteiger partial charge in [0.05, 0.1) is 25.2 Å². The molecule has 3 aromatic rings. The maximum absolute atomic E-state index is 13.2. The van der Waals surface area contributed by atoms with E-state index in [4.69, 9.17) is 9.47 Å². The predicted molar refractivity (Wildman–Crippen MR) is 138 cm³/mol. The van der Waals surface area contributed by atoms with Crippen LogP contribution >= 0.6 is 27.7 Å². The number of imide groups is 1. The smallest absolute Gasteiger partial charge is 0.343 e. The highest BCUT2D eigenvalue weighted by molar-refractivity contribution is 9.10. The van der Waals surface area contributed by atoms with Gasteiger partial charge in [-0.25, -0.2) is 4.79 Å². The number of thioether (sulfide) groups is 1. The maximum atomic E-state index is 13.2. The molecule has 0 N–H and O–H groups in total. The van der Waals surface area contributed by atoms with Gasteiger partial charge in [0.15, 0.2) is 18.1 Å². The summed E-state index contributed by atoms with van der Waals surface area (Å²) in [4.78, 5) is 38.9. The number of amides is 2. The fourth-order valence-corrected chi connectivity index (χ4v) is 4.88. The largest absolute Gasteiger partial charge is 0.490 e. The van der Waals surface area contributed by atoms with Gasteiger partial charge in [0.25, 0.3) is 11.1 Å². The molecule has 1 aliphatic heterocycles. The van der Waals surface area contributed by atoms with Crippen molar-refractivity contribution in [1.82, 2.24) is 4.90 Å². The van der Waals surface area contributed by atoms with Gasteiger partial charge in [-0.05, 0) is 58.8 Å². The lowest BCUT2D eigenvalue weighted by Crippen LogP contribution is -2.27. The Morgan fingerprint density at radius 3 is 2.57 bits per heavy atom. The van der Waals surface area contributed by atoms with Crippen molar-refractivity contribution in [2.45, 2.75) is 13.5 Å². The first-order valence-corrected chi connectivity index (χ1v) is 12.4. The Bertz CT molecular complexity index is 1330. The van der Waals surface area contributed by atoms with Gasteiger partial charge >= 0.3 is 5.97 Å². The second-order valence-electron chi connectivity index (χ2n) is 7.52. The summed E-state index contributed by atoms with van der Waals surface area (Å²) in [5, 5.41) is 1.73. The fourth-order valence-electron chi connectivity index (χ4n) is 3.62. The highest BCUT2D eigenvalue weighted by Gasteiger charge is 2.35. The molecule has 0 saturated carbocycles. The minimum Gasteiger partial charge on any atom is -0.490 e. The van der Waals surface area contributed by atoms with Crippen molar-refractivity contribution in [2.24, 2.45) is 0 Å². The number of ether oxygens (including phenoxy) is 3. The van der Waals surface area contributed by atoms with Gasteiger partial charge in [0, 0.05) is 4.47 Å². The van der Waals surface area contributed by atoms with Gasteiger partial charge in [0.1, 0.15) is 0 Å². The van der Waals surface area contributed by atoms with Crippen LogP contribution in [0.5, 0.6) is 11.5 Å². The standard InChI is InChI=1S/C26H22BrNO6S/c1-3-33-21-11-18(20(27)13-22(21)34-15-24(29)32-2)12-23-25(30)28(26(31)35-23)14-17-9-6-8-16-7-4-5-10-19(16)17/h4-13H,3,14-15H2,1-2H3/b23-12+. The van der Waals surface area contributed by atoms with Crippen LogP contribution in [0.2, 0.25) is 0 Å². The lowest BCUT2D eigenvalue weighted by molar-refractivity contribution is -0.143. The second kappa shape index (κ2) is 11.0. The van der Waals surface area contributed by atoms with Crippen molar-refractivity contribution >= 4 is 61.7 Å². The average Bonchev–Trinajstić information content (AvgIpc) is 3.12. The van der Waals surface area contributed by atoms with E-state index >= 15 is 0 Å². The summed E-state index contributed by atoms with van der Waals surface area (Å²) >= 11 is 4.37. The number of hydrogen-bond acceptors (Lipinski definition) is 7. The predicted octanol–water partition coefficient (Wildman–Crippen LogP) is 5.79. The van der Waals surface area contributed by atoms with Crippen molar-refractivity contribution in [1.29, 1.82) is 0 Å². The van der Waals surface area contributed by atoms with Crippen LogP contribution in [0.1, 0.15) is 18.1 Å². The molecule has 0 aromatic heterocycles. The molecule has 4 rings (SSSR count). The third-order valence-electron chi connectivity index (χ3n) is 5.30. The molecule has 0 spiro atoms. The van der Waals surface area contributed by atoms with Gasteiger partial charge in [-0.15, -0.1) is 0 Å². The lowest BCUT2D eigenvalue weighted by Gasteiger charge is -2.15. The van der Waals surface area contributed by atoms with Crippen LogP contribution in [-0.2, 0) is 20.9 Å². The number of carbonyl (C=O) groups excluding carboxylic acids is 3. The molecular formula is C26H22BrNO6S. The SMILES string of the molecule is CCOc1cc(/C=C2/SC(=O)N(Cc3cccc4ccccc34)C2=O)c(Br)cc1OCC(=O)OC. The molecule has 0 unspecified atom stereocenters. The molecule has 3 aromatic carbocycles. The van der Waals surface area contributed by atoms with Gasteiger partial charge in [-0.3, -0.25) is 14.5 Å². The highest BCUT2D eigenvalue weighted by Crippen LogP contribution is 2.39. The van der Waals surface area contributed by atoms with Crippen molar-refractivity contribution < 1.29 is 28.6 Å². The van der Waals surface area contributed by atoms with Crippen LogP contribution in [0.3, 0.4) is 0 Å². The van der Waals surface area contributed by atoms with Crippen molar-refractivity contribution in [3.8, 4) is 11.5 Å². The zero-order valence-electron chi connectivity index (χ0n) is 19.1. The summed E-state index contributed by atoms with van der Waals surface area (Å²) in [6.45, 7) is 2.12. The molecule has 0 atom stereocenters. The number of fused-ring (bicyclic) bond motifs is 1. The van der Waals surface area contributed by atoms with Crippen LogP contribution < -0.4 is 9.47 Å². The maximum Gasteiger partial charge on any atom is 0.343 e. The molecule has 1 fully saturated rings. The topological polar surface area (TPSA) is 82.1 Å². The molecule has 35 heavy (non-hydrogen) atoms. The third-order valence-corrected chi connectivity index (χ3v) is 6.90. The number of benzene rings is 3. The van der Waals surface area contributed by atoms with Crippen molar-refractivity contribution in [2.75, 3.05) is 20.3 Å². The first kappa shape index (κ1) is 24.8. The molecule has 9 heteroatoms. The Labute approximate surface area is 215 Å². The van der Waals surface area contributed by atoms with Gasteiger partial charge in [-0.1, -0.05) is 58.4 Å². The minimum absolute atomic E-state index is 0.190. The highest BCUT2D eigenvalue weighted by atomic mass is 79.9.